The predicted octanol–water partition coefficient (Wildman–Crippen LogP) is 1.23. The highest BCUT2D eigenvalue weighted by atomic mass is 32.2. The third kappa shape index (κ3) is 3.37. The molecule has 0 radical (unpaired) electrons. The molecule has 1 atom stereocenters. The van der Waals surface area contributed by atoms with Crippen molar-refractivity contribution < 1.29 is 13.5 Å². The summed E-state index contributed by atoms with van der Waals surface area (Å²) >= 11 is 0. The Hall–Kier alpha value is -1.42. The van der Waals surface area contributed by atoms with E-state index < -0.39 is 10.0 Å². The van der Waals surface area contributed by atoms with Gasteiger partial charge in [-0.05, 0) is 30.5 Å². The zero-order valence-electron chi connectivity index (χ0n) is 11.2. The average molecular weight is 294 g/mol. The minimum atomic E-state index is -3.43. The summed E-state index contributed by atoms with van der Waals surface area (Å²) in [6.07, 6.45) is 2.50. The molecular formula is C14H18N2O3S. The summed E-state index contributed by atoms with van der Waals surface area (Å²) in [6, 6.07) is 8.26. The van der Waals surface area contributed by atoms with Gasteiger partial charge in [0.25, 0.3) is 0 Å². The molecule has 108 valence electrons. The van der Waals surface area contributed by atoms with Gasteiger partial charge in [-0.1, -0.05) is 18.6 Å². The van der Waals surface area contributed by atoms with Crippen LogP contribution in [-0.4, -0.2) is 37.0 Å². The second-order valence-corrected chi connectivity index (χ2v) is 6.93. The summed E-state index contributed by atoms with van der Waals surface area (Å²) in [5, 5.41) is 18.0. The summed E-state index contributed by atoms with van der Waals surface area (Å²) in [7, 11) is -3.43. The molecule has 0 amide bonds. The maximum atomic E-state index is 12.4. The van der Waals surface area contributed by atoms with Gasteiger partial charge in [0.05, 0.1) is 24.0 Å². The summed E-state index contributed by atoms with van der Waals surface area (Å²) in [4.78, 5) is 0. The van der Waals surface area contributed by atoms with Crippen molar-refractivity contribution in [1.82, 2.24) is 4.31 Å². The number of sulfonamides is 1. The topological polar surface area (TPSA) is 81.4 Å². The van der Waals surface area contributed by atoms with Gasteiger partial charge in [0.1, 0.15) is 0 Å². The largest absolute Gasteiger partial charge is 0.395 e. The van der Waals surface area contributed by atoms with Crippen LogP contribution in [0, 0.1) is 11.3 Å². The Bertz CT molecular complexity index is 590. The van der Waals surface area contributed by atoms with Gasteiger partial charge in [0.15, 0.2) is 0 Å². The van der Waals surface area contributed by atoms with Crippen LogP contribution in [0.3, 0.4) is 0 Å². The maximum Gasteiger partial charge on any atom is 0.218 e. The van der Waals surface area contributed by atoms with Crippen molar-refractivity contribution in [3.63, 3.8) is 0 Å². The van der Waals surface area contributed by atoms with E-state index in [1.807, 2.05) is 6.07 Å². The minimum absolute atomic E-state index is 0.0881. The Kier molecular flexibility index (Phi) is 4.76. The number of hydrogen-bond acceptors (Lipinski definition) is 4. The first-order valence-corrected chi connectivity index (χ1v) is 8.27. The zero-order chi connectivity index (χ0) is 14.6. The second kappa shape index (κ2) is 6.35. The average Bonchev–Trinajstić information content (AvgIpc) is 2.47. The summed E-state index contributed by atoms with van der Waals surface area (Å²) in [5.74, 6) is -0.0881. The van der Waals surface area contributed by atoms with E-state index >= 15 is 0 Å². The van der Waals surface area contributed by atoms with Crippen LogP contribution in [0.4, 0.5) is 0 Å². The van der Waals surface area contributed by atoms with Gasteiger partial charge in [-0.2, -0.15) is 9.57 Å². The normalized spacial score (nSPS) is 20.5. The van der Waals surface area contributed by atoms with Crippen LogP contribution >= 0.6 is 0 Å². The molecule has 6 heteroatoms. The molecule has 1 saturated heterocycles. The molecule has 0 aromatic heterocycles. The summed E-state index contributed by atoms with van der Waals surface area (Å²) in [5.41, 5.74) is 1.17. The number of nitrogens with zero attached hydrogens (tertiary/aromatic N) is 2. The van der Waals surface area contributed by atoms with Crippen molar-refractivity contribution in [2.75, 3.05) is 13.2 Å². The number of rotatable bonds is 4. The third-order valence-electron chi connectivity index (χ3n) is 3.57. The van der Waals surface area contributed by atoms with Crippen molar-refractivity contribution in [3.05, 3.63) is 35.4 Å². The molecule has 1 heterocycles. The van der Waals surface area contributed by atoms with Gasteiger partial charge in [-0.15, -0.1) is 0 Å². The van der Waals surface area contributed by atoms with E-state index in [4.69, 9.17) is 5.26 Å². The first-order chi connectivity index (χ1) is 9.56. The zero-order valence-corrected chi connectivity index (χ0v) is 12.0. The molecule has 2 rings (SSSR count). The molecule has 1 N–H and O–H groups in total. The van der Waals surface area contributed by atoms with Crippen LogP contribution in [0.15, 0.2) is 24.3 Å². The lowest BCUT2D eigenvalue weighted by Gasteiger charge is -2.33. The van der Waals surface area contributed by atoms with E-state index in [1.54, 1.807) is 24.3 Å². The van der Waals surface area contributed by atoms with E-state index in [9.17, 15) is 13.5 Å². The molecule has 0 saturated carbocycles. The molecule has 1 aromatic carbocycles. The van der Waals surface area contributed by atoms with Crippen molar-refractivity contribution in [2.45, 2.75) is 31.1 Å². The van der Waals surface area contributed by atoms with Crippen LogP contribution in [0.2, 0.25) is 0 Å². The number of nitriles is 1. The predicted molar refractivity (Wildman–Crippen MR) is 75.2 cm³/mol. The van der Waals surface area contributed by atoms with E-state index in [2.05, 4.69) is 0 Å². The number of aliphatic hydroxyl groups is 1. The maximum absolute atomic E-state index is 12.4. The first-order valence-electron chi connectivity index (χ1n) is 6.66. The number of piperidine rings is 1. The minimum Gasteiger partial charge on any atom is -0.395 e. The van der Waals surface area contributed by atoms with Crippen LogP contribution in [-0.2, 0) is 15.8 Å². The fraction of sp³-hybridized carbons (Fsp3) is 0.500. The monoisotopic (exact) mass is 294 g/mol. The molecule has 0 aliphatic carbocycles. The van der Waals surface area contributed by atoms with Crippen LogP contribution < -0.4 is 0 Å². The quantitative estimate of drug-likeness (QED) is 0.905. The van der Waals surface area contributed by atoms with E-state index in [-0.39, 0.29) is 18.4 Å². The van der Waals surface area contributed by atoms with E-state index in [0.29, 0.717) is 24.1 Å². The highest BCUT2D eigenvalue weighted by Crippen LogP contribution is 2.22. The number of benzene rings is 1. The fourth-order valence-electron chi connectivity index (χ4n) is 2.49. The highest BCUT2D eigenvalue weighted by Gasteiger charge is 2.31. The Morgan fingerprint density at radius 1 is 1.30 bits per heavy atom. The molecule has 5 nitrogen and oxygen atoms in total. The van der Waals surface area contributed by atoms with Gasteiger partial charge in [0.2, 0.25) is 10.0 Å². The number of aliphatic hydroxyl groups excluding tert-OH is 1. The molecule has 20 heavy (non-hydrogen) atoms. The molecule has 1 unspecified atom stereocenters. The highest BCUT2D eigenvalue weighted by molar-refractivity contribution is 7.88. The Morgan fingerprint density at radius 2 is 2.00 bits per heavy atom. The number of hydrogen-bond donors (Lipinski definition) is 1. The van der Waals surface area contributed by atoms with Gasteiger partial charge < -0.3 is 5.11 Å². The molecule has 0 spiro atoms. The Balaban J connectivity index is 2.15. The molecule has 1 fully saturated rings. The van der Waals surface area contributed by atoms with Gasteiger partial charge >= 0.3 is 0 Å². The summed E-state index contributed by atoms with van der Waals surface area (Å²) < 4.78 is 26.3. The summed E-state index contributed by atoms with van der Waals surface area (Å²) in [6.45, 7) is 0.344. The smallest absolute Gasteiger partial charge is 0.218 e. The molecular weight excluding hydrogens is 276 g/mol. The van der Waals surface area contributed by atoms with Gasteiger partial charge in [-0.25, -0.2) is 8.42 Å². The van der Waals surface area contributed by atoms with Crippen LogP contribution in [0.5, 0.6) is 0 Å². The van der Waals surface area contributed by atoms with E-state index in [0.717, 1.165) is 12.8 Å². The standard InChI is InChI=1S/C14H18N2O3S/c15-9-12-4-6-13(7-5-12)11-20(18,19)16-8-2-1-3-14(16)10-17/h4-7,14,17H,1-3,8,10-11H2. The van der Waals surface area contributed by atoms with Crippen molar-refractivity contribution in [2.24, 2.45) is 0 Å². The molecule has 1 aliphatic rings. The van der Waals surface area contributed by atoms with Crippen molar-refractivity contribution >= 4 is 10.0 Å². The Labute approximate surface area is 119 Å². The SMILES string of the molecule is N#Cc1ccc(CS(=O)(=O)N2CCCCC2CO)cc1. The molecule has 1 aromatic rings. The molecule has 0 bridgehead atoms. The molecule has 1 aliphatic heterocycles. The first kappa shape index (κ1) is 15.0. The van der Waals surface area contributed by atoms with Crippen molar-refractivity contribution in [3.8, 4) is 6.07 Å². The lowest BCUT2D eigenvalue weighted by molar-refractivity contribution is 0.155. The van der Waals surface area contributed by atoms with Crippen LogP contribution in [0.25, 0.3) is 0 Å². The Morgan fingerprint density at radius 3 is 2.60 bits per heavy atom. The third-order valence-corrected chi connectivity index (χ3v) is 5.47. The van der Waals surface area contributed by atoms with E-state index in [1.165, 1.54) is 4.31 Å². The lowest BCUT2D eigenvalue weighted by atomic mass is 10.1. The lowest BCUT2D eigenvalue weighted by Crippen LogP contribution is -2.45. The van der Waals surface area contributed by atoms with Crippen LogP contribution in [0.1, 0.15) is 30.4 Å². The van der Waals surface area contributed by atoms with Gasteiger partial charge in [-0.3, -0.25) is 0 Å². The fourth-order valence-corrected chi connectivity index (χ4v) is 4.30. The van der Waals surface area contributed by atoms with Gasteiger partial charge in [0, 0.05) is 12.6 Å². The van der Waals surface area contributed by atoms with Crippen molar-refractivity contribution in [1.29, 1.82) is 5.26 Å². The second-order valence-electron chi connectivity index (χ2n) is 5.01.